The van der Waals surface area contributed by atoms with E-state index in [-0.39, 0.29) is 22.8 Å². The summed E-state index contributed by atoms with van der Waals surface area (Å²) >= 11 is 0. The maximum absolute atomic E-state index is 13.9. The van der Waals surface area contributed by atoms with Crippen molar-refractivity contribution in [3.05, 3.63) is 70.8 Å². The van der Waals surface area contributed by atoms with E-state index < -0.39 is 23.8 Å². The predicted molar refractivity (Wildman–Crippen MR) is 126 cm³/mol. The van der Waals surface area contributed by atoms with Crippen LogP contribution in [0.1, 0.15) is 72.5 Å². The summed E-state index contributed by atoms with van der Waals surface area (Å²) in [6.07, 6.45) is -1.89. The second-order valence-electron chi connectivity index (χ2n) is 8.79. The van der Waals surface area contributed by atoms with E-state index in [1.807, 2.05) is 39.8 Å². The highest BCUT2D eigenvalue weighted by atomic mass is 19.4. The predicted octanol–water partition coefficient (Wildman–Crippen LogP) is 5.55. The summed E-state index contributed by atoms with van der Waals surface area (Å²) in [5.74, 6) is -0.283. The van der Waals surface area contributed by atoms with Gasteiger partial charge in [0.25, 0.3) is 5.91 Å². The minimum atomic E-state index is -4.69. The molecule has 4 rings (SSSR count). The Kier molecular flexibility index (Phi) is 6.40. The fraction of sp³-hybridized carbons (Fsp3) is 0.360. The molecular weight excluding hydrogens is 457 g/mol. The average Bonchev–Trinajstić information content (AvgIpc) is 3.40. The number of benzene rings is 1. The molecular formula is C25H27F3N6O. The smallest absolute Gasteiger partial charge is 0.345 e. The standard InChI is InChI=1S/C25H27F3N6O/c1-6-33-16(5)19(12-29-33)15(4)31-24(35)20-13-30-34-22(25(26,27)28)11-21(32-23(20)34)18-9-7-17(8-10-18)14(2)3/h7-15H,6H2,1-5H3,(H,31,35). The first kappa shape index (κ1) is 24.4. The number of alkyl halides is 3. The first-order chi connectivity index (χ1) is 16.5. The van der Waals surface area contributed by atoms with Crippen molar-refractivity contribution >= 4 is 11.6 Å². The van der Waals surface area contributed by atoms with Gasteiger partial charge in [-0.3, -0.25) is 9.48 Å². The van der Waals surface area contributed by atoms with Crippen molar-refractivity contribution in [3.8, 4) is 11.3 Å². The topological polar surface area (TPSA) is 77.1 Å². The molecule has 0 aliphatic rings. The summed E-state index contributed by atoms with van der Waals surface area (Å²) in [4.78, 5) is 17.5. The van der Waals surface area contributed by atoms with Gasteiger partial charge in [-0.05, 0) is 38.3 Å². The van der Waals surface area contributed by atoms with E-state index >= 15 is 0 Å². The van der Waals surface area contributed by atoms with Gasteiger partial charge in [-0.1, -0.05) is 38.1 Å². The molecule has 0 bridgehead atoms. The Morgan fingerprint density at radius 2 is 1.77 bits per heavy atom. The molecule has 1 aromatic carbocycles. The Bertz CT molecular complexity index is 1370. The van der Waals surface area contributed by atoms with Crippen LogP contribution in [0.5, 0.6) is 0 Å². The van der Waals surface area contributed by atoms with Gasteiger partial charge in [0, 0.05) is 23.4 Å². The number of fused-ring (bicyclic) bond motifs is 1. The van der Waals surface area contributed by atoms with E-state index in [9.17, 15) is 18.0 Å². The molecule has 1 N–H and O–H groups in total. The maximum atomic E-state index is 13.9. The third-order valence-electron chi connectivity index (χ3n) is 6.13. The molecule has 0 aliphatic heterocycles. The van der Waals surface area contributed by atoms with Gasteiger partial charge < -0.3 is 5.32 Å². The largest absolute Gasteiger partial charge is 0.433 e. The van der Waals surface area contributed by atoms with Crippen molar-refractivity contribution in [2.24, 2.45) is 0 Å². The van der Waals surface area contributed by atoms with Crippen molar-refractivity contribution in [2.75, 3.05) is 0 Å². The Morgan fingerprint density at radius 1 is 1.09 bits per heavy atom. The number of halogens is 3. The molecule has 4 aromatic rings. The zero-order valence-electron chi connectivity index (χ0n) is 20.2. The summed E-state index contributed by atoms with van der Waals surface area (Å²) in [6.45, 7) is 10.4. The van der Waals surface area contributed by atoms with Gasteiger partial charge in [-0.2, -0.15) is 23.4 Å². The number of rotatable bonds is 6. The van der Waals surface area contributed by atoms with E-state index in [2.05, 4.69) is 20.5 Å². The quantitative estimate of drug-likeness (QED) is 0.389. The van der Waals surface area contributed by atoms with Gasteiger partial charge in [0.05, 0.1) is 24.1 Å². The molecule has 0 saturated carbocycles. The molecule has 0 spiro atoms. The number of hydrogen-bond donors (Lipinski definition) is 1. The Labute approximate surface area is 201 Å². The first-order valence-electron chi connectivity index (χ1n) is 11.4. The monoisotopic (exact) mass is 484 g/mol. The molecule has 1 amide bonds. The number of carbonyl (C=O) groups excluding carboxylic acids is 1. The Hall–Kier alpha value is -3.69. The minimum Gasteiger partial charge on any atom is -0.345 e. The lowest BCUT2D eigenvalue weighted by Gasteiger charge is -2.14. The normalized spacial score (nSPS) is 12.9. The van der Waals surface area contributed by atoms with Gasteiger partial charge in [0.2, 0.25) is 0 Å². The zero-order valence-corrected chi connectivity index (χ0v) is 20.2. The van der Waals surface area contributed by atoms with Crippen LogP contribution in [-0.4, -0.2) is 30.3 Å². The SMILES string of the molecule is CCn1ncc(C(C)NC(=O)c2cnn3c(C(F)(F)F)cc(-c4ccc(C(C)C)cc4)nc23)c1C. The highest BCUT2D eigenvalue weighted by Gasteiger charge is 2.36. The van der Waals surface area contributed by atoms with E-state index in [4.69, 9.17) is 0 Å². The van der Waals surface area contributed by atoms with Gasteiger partial charge >= 0.3 is 6.18 Å². The lowest BCUT2D eigenvalue weighted by molar-refractivity contribution is -0.142. The summed E-state index contributed by atoms with van der Waals surface area (Å²) in [5.41, 5.74) is 2.23. The number of amides is 1. The van der Waals surface area contributed by atoms with E-state index in [0.29, 0.717) is 16.6 Å². The highest BCUT2D eigenvalue weighted by molar-refractivity contribution is 6.00. The van der Waals surface area contributed by atoms with Gasteiger partial charge in [0.15, 0.2) is 11.3 Å². The number of nitrogens with one attached hydrogen (secondary N) is 1. The van der Waals surface area contributed by atoms with Crippen LogP contribution in [0.3, 0.4) is 0 Å². The lowest BCUT2D eigenvalue weighted by Crippen LogP contribution is -2.27. The van der Waals surface area contributed by atoms with Crippen molar-refractivity contribution < 1.29 is 18.0 Å². The van der Waals surface area contributed by atoms with Crippen LogP contribution in [0.25, 0.3) is 16.9 Å². The molecule has 0 saturated heterocycles. The zero-order chi connectivity index (χ0) is 25.5. The van der Waals surface area contributed by atoms with Crippen LogP contribution in [-0.2, 0) is 12.7 Å². The van der Waals surface area contributed by atoms with Crippen LogP contribution in [0.2, 0.25) is 0 Å². The number of hydrogen-bond acceptors (Lipinski definition) is 4. The Balaban J connectivity index is 1.75. The fourth-order valence-corrected chi connectivity index (χ4v) is 4.07. The highest BCUT2D eigenvalue weighted by Crippen LogP contribution is 2.33. The fourth-order valence-electron chi connectivity index (χ4n) is 4.07. The summed E-state index contributed by atoms with van der Waals surface area (Å²) in [6, 6.07) is 7.75. The van der Waals surface area contributed by atoms with E-state index in [1.165, 1.54) is 0 Å². The summed E-state index contributed by atoms with van der Waals surface area (Å²) in [7, 11) is 0. The number of nitrogens with zero attached hydrogens (tertiary/aromatic N) is 5. The summed E-state index contributed by atoms with van der Waals surface area (Å²) in [5, 5.41) is 11.0. The van der Waals surface area contributed by atoms with Crippen molar-refractivity contribution in [3.63, 3.8) is 0 Å². The molecule has 3 heterocycles. The van der Waals surface area contributed by atoms with Crippen LogP contribution in [0.4, 0.5) is 13.2 Å². The van der Waals surface area contributed by atoms with Gasteiger partial charge in [-0.25, -0.2) is 9.50 Å². The molecule has 1 unspecified atom stereocenters. The second kappa shape index (κ2) is 9.16. The van der Waals surface area contributed by atoms with Crippen LogP contribution < -0.4 is 5.32 Å². The van der Waals surface area contributed by atoms with Gasteiger partial charge in [0.1, 0.15) is 5.56 Å². The van der Waals surface area contributed by atoms with Crippen molar-refractivity contribution in [1.82, 2.24) is 29.7 Å². The third-order valence-corrected chi connectivity index (χ3v) is 6.13. The second-order valence-corrected chi connectivity index (χ2v) is 8.79. The van der Waals surface area contributed by atoms with E-state index in [1.54, 1.807) is 29.9 Å². The van der Waals surface area contributed by atoms with Crippen LogP contribution >= 0.6 is 0 Å². The molecule has 7 nitrogen and oxygen atoms in total. The molecule has 0 aliphatic carbocycles. The van der Waals surface area contributed by atoms with Gasteiger partial charge in [-0.15, -0.1) is 0 Å². The average molecular weight is 485 g/mol. The minimum absolute atomic E-state index is 0.0384. The van der Waals surface area contributed by atoms with E-state index in [0.717, 1.165) is 29.1 Å². The summed E-state index contributed by atoms with van der Waals surface area (Å²) < 4.78 is 44.2. The maximum Gasteiger partial charge on any atom is 0.433 e. The molecule has 0 radical (unpaired) electrons. The number of aryl methyl sites for hydroxylation is 1. The molecule has 1 atom stereocenters. The number of aromatic nitrogens is 5. The number of carbonyl (C=O) groups is 1. The third kappa shape index (κ3) is 4.65. The van der Waals surface area contributed by atoms with Crippen LogP contribution in [0, 0.1) is 6.92 Å². The first-order valence-corrected chi connectivity index (χ1v) is 11.4. The van der Waals surface area contributed by atoms with Crippen molar-refractivity contribution in [1.29, 1.82) is 0 Å². The lowest BCUT2D eigenvalue weighted by atomic mass is 10.0. The Morgan fingerprint density at radius 3 is 2.34 bits per heavy atom. The molecule has 184 valence electrons. The van der Waals surface area contributed by atoms with Crippen molar-refractivity contribution in [2.45, 2.75) is 59.3 Å². The molecule has 0 fully saturated rings. The van der Waals surface area contributed by atoms with Crippen LogP contribution in [0.15, 0.2) is 42.7 Å². The molecule has 10 heteroatoms. The molecule has 35 heavy (non-hydrogen) atoms. The molecule has 3 aromatic heterocycles.